The summed E-state index contributed by atoms with van der Waals surface area (Å²) in [5, 5.41) is 2.20. The molecular weight excluding hydrogens is 361 g/mol. The predicted molar refractivity (Wildman–Crippen MR) is 108 cm³/mol. The van der Waals surface area contributed by atoms with Gasteiger partial charge in [-0.3, -0.25) is 9.69 Å². The maximum atomic E-state index is 13.0. The Bertz CT molecular complexity index is 1010. The average Bonchev–Trinajstić information content (AvgIpc) is 3.32. The standard InChI is InChI=1S/C20H20N3OPS/c1-23(19(24)14-7-6-12-4-2-3-5-13(12)10-14)20-22-18-15-11-21-25-16(15)8-9-17(18)26-20/h6-7,10-11,25H,2-5,8-9H2,1H3. The molecule has 0 fully saturated rings. The molecule has 0 saturated heterocycles. The first kappa shape index (κ1) is 16.2. The van der Waals surface area contributed by atoms with Crippen molar-refractivity contribution in [2.75, 3.05) is 11.9 Å². The van der Waals surface area contributed by atoms with Crippen molar-refractivity contribution in [1.82, 2.24) is 9.73 Å². The lowest BCUT2D eigenvalue weighted by Gasteiger charge is -2.18. The van der Waals surface area contributed by atoms with E-state index in [0.717, 1.165) is 42.1 Å². The zero-order valence-corrected chi connectivity index (χ0v) is 16.5. The maximum absolute atomic E-state index is 13.0. The van der Waals surface area contributed by atoms with Gasteiger partial charge in [0, 0.05) is 29.2 Å². The summed E-state index contributed by atoms with van der Waals surface area (Å²) in [4.78, 5) is 20.8. The highest BCUT2D eigenvalue weighted by Crippen LogP contribution is 2.41. The van der Waals surface area contributed by atoms with E-state index in [-0.39, 0.29) is 5.91 Å². The Hall–Kier alpha value is -1.97. The molecule has 6 heteroatoms. The number of rotatable bonds is 2. The molecule has 2 aromatic heterocycles. The van der Waals surface area contributed by atoms with Crippen LogP contribution in [0.25, 0.3) is 11.3 Å². The van der Waals surface area contributed by atoms with E-state index < -0.39 is 0 Å². The van der Waals surface area contributed by atoms with Gasteiger partial charge in [-0.15, -0.1) is 11.3 Å². The van der Waals surface area contributed by atoms with E-state index in [9.17, 15) is 4.79 Å². The molecule has 132 valence electrons. The molecule has 1 aromatic carbocycles. The molecule has 0 bridgehead atoms. The van der Waals surface area contributed by atoms with Crippen LogP contribution >= 0.6 is 19.7 Å². The third-order valence-corrected chi connectivity index (χ3v) is 7.69. The minimum absolute atomic E-state index is 0.0284. The first-order valence-corrected chi connectivity index (χ1v) is 10.9. The van der Waals surface area contributed by atoms with Gasteiger partial charge in [-0.2, -0.15) is 0 Å². The second-order valence-corrected chi connectivity index (χ2v) is 9.23. The number of aryl methyl sites for hydroxylation is 4. The largest absolute Gasteiger partial charge is 0.287 e. The quantitative estimate of drug-likeness (QED) is 0.657. The number of carbonyl (C=O) groups is 1. The van der Waals surface area contributed by atoms with Gasteiger partial charge < -0.3 is 0 Å². The molecule has 1 unspecified atom stereocenters. The van der Waals surface area contributed by atoms with E-state index in [1.807, 2.05) is 19.3 Å². The van der Waals surface area contributed by atoms with Crippen molar-refractivity contribution < 1.29 is 4.79 Å². The summed E-state index contributed by atoms with van der Waals surface area (Å²) in [6, 6.07) is 6.20. The highest BCUT2D eigenvalue weighted by molar-refractivity contribution is 7.26. The first-order chi connectivity index (χ1) is 12.7. The third-order valence-electron chi connectivity index (χ3n) is 5.45. The summed E-state index contributed by atoms with van der Waals surface area (Å²) in [6.07, 6.45) is 8.75. The normalized spacial score (nSPS) is 15.4. The number of hydrogen-bond acceptors (Lipinski definition) is 4. The molecule has 0 spiro atoms. The Morgan fingerprint density at radius 1 is 1.15 bits per heavy atom. The molecule has 1 atom stereocenters. The fourth-order valence-electron chi connectivity index (χ4n) is 3.96. The number of anilines is 1. The van der Waals surface area contributed by atoms with Crippen molar-refractivity contribution >= 4 is 30.7 Å². The Morgan fingerprint density at radius 2 is 2.00 bits per heavy atom. The smallest absolute Gasteiger partial charge is 0.259 e. The number of thiazole rings is 1. The van der Waals surface area contributed by atoms with Crippen LogP contribution in [0.15, 0.2) is 24.4 Å². The van der Waals surface area contributed by atoms with Gasteiger partial charge in [0.05, 0.1) is 5.69 Å². The Balaban J connectivity index is 1.46. The molecule has 4 nitrogen and oxygen atoms in total. The first-order valence-electron chi connectivity index (χ1n) is 9.13. The van der Waals surface area contributed by atoms with Gasteiger partial charge in [-0.25, -0.2) is 9.73 Å². The summed E-state index contributed by atoms with van der Waals surface area (Å²) >= 11 is 1.65. The van der Waals surface area contributed by atoms with Crippen LogP contribution < -0.4 is 4.90 Å². The topological polar surface area (TPSA) is 46.1 Å². The molecule has 5 rings (SSSR count). The van der Waals surface area contributed by atoms with Gasteiger partial charge in [0.25, 0.3) is 5.91 Å². The van der Waals surface area contributed by atoms with Gasteiger partial charge in [-0.1, -0.05) is 6.07 Å². The number of nitrogens with zero attached hydrogens (tertiary/aromatic N) is 3. The van der Waals surface area contributed by atoms with Crippen LogP contribution in [0.5, 0.6) is 0 Å². The summed E-state index contributed by atoms with van der Waals surface area (Å²) in [6.45, 7) is 0. The van der Waals surface area contributed by atoms with Crippen LogP contribution in [0.2, 0.25) is 0 Å². The number of fused-ring (bicyclic) bond motifs is 4. The lowest BCUT2D eigenvalue weighted by atomic mass is 9.90. The summed E-state index contributed by atoms with van der Waals surface area (Å²) < 4.78 is 4.42. The van der Waals surface area contributed by atoms with Crippen LogP contribution in [-0.4, -0.2) is 22.7 Å². The average molecular weight is 381 g/mol. The van der Waals surface area contributed by atoms with Gasteiger partial charge in [-0.05, 0) is 75.4 Å². The lowest BCUT2D eigenvalue weighted by Crippen LogP contribution is -2.26. The van der Waals surface area contributed by atoms with Gasteiger partial charge in [0.15, 0.2) is 5.13 Å². The minimum atomic E-state index is 0.0284. The highest BCUT2D eigenvalue weighted by Gasteiger charge is 2.25. The van der Waals surface area contributed by atoms with Gasteiger partial charge in [0.2, 0.25) is 0 Å². The van der Waals surface area contributed by atoms with E-state index in [4.69, 9.17) is 4.98 Å². The van der Waals surface area contributed by atoms with Crippen molar-refractivity contribution in [3.8, 4) is 11.3 Å². The number of hydrogen-bond donors (Lipinski definition) is 0. The Labute approximate surface area is 158 Å². The van der Waals surface area contributed by atoms with Gasteiger partial charge in [0.1, 0.15) is 0 Å². The molecular formula is C20H20N3OPS. The van der Waals surface area contributed by atoms with Gasteiger partial charge >= 0.3 is 0 Å². The number of amides is 1. The van der Waals surface area contributed by atoms with Crippen LogP contribution in [0.4, 0.5) is 5.13 Å². The molecule has 26 heavy (non-hydrogen) atoms. The van der Waals surface area contributed by atoms with Crippen molar-refractivity contribution in [2.45, 2.75) is 38.5 Å². The molecule has 2 aliphatic carbocycles. The lowest BCUT2D eigenvalue weighted by molar-refractivity contribution is 0.0993. The van der Waals surface area contributed by atoms with Crippen LogP contribution in [0.1, 0.15) is 44.5 Å². The third kappa shape index (κ3) is 2.62. The molecule has 2 aliphatic rings. The van der Waals surface area contributed by atoms with E-state index in [1.165, 1.54) is 39.7 Å². The highest BCUT2D eigenvalue weighted by atomic mass is 32.1. The van der Waals surface area contributed by atoms with E-state index in [0.29, 0.717) is 8.35 Å². The molecule has 0 aliphatic heterocycles. The molecule has 0 radical (unpaired) electrons. The van der Waals surface area contributed by atoms with Crippen molar-refractivity contribution in [3.63, 3.8) is 0 Å². The summed E-state index contributed by atoms with van der Waals surface area (Å²) in [5.74, 6) is 0.0284. The number of aromatic nitrogens is 2. The predicted octanol–water partition coefficient (Wildman–Crippen LogP) is 4.49. The van der Waals surface area contributed by atoms with Crippen molar-refractivity contribution in [2.24, 2.45) is 0 Å². The molecule has 2 heterocycles. The minimum Gasteiger partial charge on any atom is -0.287 e. The zero-order valence-electron chi connectivity index (χ0n) is 14.7. The molecule has 0 saturated carbocycles. The number of benzene rings is 1. The van der Waals surface area contributed by atoms with E-state index >= 15 is 0 Å². The number of carbonyl (C=O) groups excluding carboxylic acids is 1. The fourth-order valence-corrected chi connectivity index (χ4v) is 5.88. The maximum Gasteiger partial charge on any atom is 0.259 e. The second-order valence-electron chi connectivity index (χ2n) is 7.09. The molecule has 1 amide bonds. The summed E-state index contributed by atoms with van der Waals surface area (Å²) in [7, 11) is 2.40. The summed E-state index contributed by atoms with van der Waals surface area (Å²) in [5.41, 5.74) is 5.75. The van der Waals surface area contributed by atoms with Crippen molar-refractivity contribution in [3.05, 3.63) is 51.3 Å². The molecule has 3 aromatic rings. The monoisotopic (exact) mass is 381 g/mol. The van der Waals surface area contributed by atoms with Crippen molar-refractivity contribution in [1.29, 1.82) is 0 Å². The van der Waals surface area contributed by atoms with E-state index in [2.05, 4.69) is 16.9 Å². The van der Waals surface area contributed by atoms with Crippen LogP contribution in [0.3, 0.4) is 0 Å². The fraction of sp³-hybridized carbons (Fsp3) is 0.350. The Morgan fingerprint density at radius 3 is 2.88 bits per heavy atom. The second kappa shape index (κ2) is 6.33. The SMILES string of the molecule is CN(C(=O)c1ccc2c(c1)CCCC2)c1nc2c(s1)CCc1[pH]ncc1-2. The van der Waals surface area contributed by atoms with Crippen LogP contribution in [-0.2, 0) is 25.7 Å². The zero-order chi connectivity index (χ0) is 17.7. The molecule has 0 N–H and O–H groups in total. The van der Waals surface area contributed by atoms with Crippen LogP contribution in [0, 0.1) is 0 Å². The van der Waals surface area contributed by atoms with E-state index in [1.54, 1.807) is 16.2 Å². The Kier molecular flexibility index (Phi) is 3.95.